The minimum Gasteiger partial charge on any atom is -0.360 e. The fourth-order valence-corrected chi connectivity index (χ4v) is 7.80. The lowest BCUT2D eigenvalue weighted by atomic mass is 9.94. The van der Waals surface area contributed by atoms with Crippen molar-refractivity contribution < 1.29 is 35.9 Å². The van der Waals surface area contributed by atoms with Crippen molar-refractivity contribution in [2.45, 2.75) is 76.1 Å². The van der Waals surface area contributed by atoms with Gasteiger partial charge in [-0.15, -0.1) is 0 Å². The number of aromatic nitrogens is 5. The maximum Gasteiger partial charge on any atom is 0.293 e. The highest BCUT2D eigenvalue weighted by Gasteiger charge is 2.67. The van der Waals surface area contributed by atoms with E-state index in [-0.39, 0.29) is 36.4 Å². The van der Waals surface area contributed by atoms with Gasteiger partial charge < -0.3 is 10.1 Å². The van der Waals surface area contributed by atoms with Crippen LogP contribution in [0.4, 0.5) is 26.3 Å². The summed E-state index contributed by atoms with van der Waals surface area (Å²) in [5, 5.41) is 20.7. The van der Waals surface area contributed by atoms with Crippen LogP contribution in [0, 0.1) is 28.9 Å². The van der Waals surface area contributed by atoms with Crippen LogP contribution < -0.4 is 5.32 Å². The molecule has 2 aliphatic carbocycles. The number of nitriles is 1. The van der Waals surface area contributed by atoms with Crippen LogP contribution in [-0.2, 0) is 35.2 Å². The van der Waals surface area contributed by atoms with Gasteiger partial charge in [0.15, 0.2) is 0 Å². The fourth-order valence-electron chi connectivity index (χ4n) is 7.04. The molecule has 16 heteroatoms. The largest absolute Gasteiger partial charge is 0.360 e. The minimum atomic E-state index is -3.44. The predicted octanol–water partition coefficient (Wildman–Crippen LogP) is 8.00. The zero-order valence-corrected chi connectivity index (χ0v) is 30.0. The Bertz CT molecular complexity index is 2240. The summed E-state index contributed by atoms with van der Waals surface area (Å²) in [6.07, 6.45) is -1.76. The number of hydrogen-bond donors (Lipinski definition) is 1. The Morgan fingerprint density at radius 1 is 1.09 bits per heavy atom. The van der Waals surface area contributed by atoms with Crippen LogP contribution in [0.25, 0.3) is 22.2 Å². The lowest BCUT2D eigenvalue weighted by Crippen LogP contribution is -2.35. The average Bonchev–Trinajstić information content (AvgIpc) is 3.57. The molecule has 0 aliphatic heterocycles. The third-order valence-electron chi connectivity index (χ3n) is 9.66. The van der Waals surface area contributed by atoms with E-state index in [9.17, 15) is 27.6 Å². The molecule has 7 rings (SSSR count). The first-order chi connectivity index (χ1) is 25.1. The molecule has 1 unspecified atom stereocenters. The SMILES string of the molecule is C[Si](C)(C)CCOCn1ncc2nc(C(Cc3cc(F)cc(F)c3)NC(=O)Cn3nc(C(F)F)c4c3C(F)(F)[C@@H]3C[C@H]43)c(-c3cccc(C#N)c3)cc21. The fraction of sp³-hybridized carbons (Fsp3) is 0.378. The van der Waals surface area contributed by atoms with E-state index in [1.165, 1.54) is 6.20 Å². The highest BCUT2D eigenvalue weighted by atomic mass is 28.3. The van der Waals surface area contributed by atoms with E-state index in [1.807, 2.05) is 0 Å². The molecule has 5 aromatic rings. The molecular weight excluding hydrogens is 717 g/mol. The van der Waals surface area contributed by atoms with Crippen molar-refractivity contribution in [1.82, 2.24) is 29.9 Å². The standard InChI is InChI=1S/C37H35F6N7O2Si/c1-53(2,3)8-7-52-19-50-30-15-25(22-6-4-5-20(9-22)16-44)33(47-29(30)17-45-50)28(12-21-10-23(38)13-24(39)11-21)46-31(51)18-49-35-32(34(48-49)36(40)41)26-14-27(26)37(35,42)43/h4-6,9-11,13,15,17,26-28,36H,7-8,12,14,18-19H2,1-3H3,(H,46,51)/t26-,27+,28?/m0/s1. The van der Waals surface area contributed by atoms with Crippen LogP contribution in [0.1, 0.15) is 58.6 Å². The first kappa shape index (κ1) is 36.3. The van der Waals surface area contributed by atoms with Gasteiger partial charge in [0.25, 0.3) is 12.3 Å². The van der Waals surface area contributed by atoms with Gasteiger partial charge in [-0.3, -0.25) is 9.48 Å². The molecule has 3 aromatic heterocycles. The number of ether oxygens (including phenoxy) is 1. The van der Waals surface area contributed by atoms with Crippen molar-refractivity contribution in [2.24, 2.45) is 5.92 Å². The predicted molar refractivity (Wildman–Crippen MR) is 185 cm³/mol. The Balaban J connectivity index is 1.29. The Morgan fingerprint density at radius 3 is 2.55 bits per heavy atom. The summed E-state index contributed by atoms with van der Waals surface area (Å²) < 4.78 is 95.5. The second-order valence-corrected chi connectivity index (χ2v) is 20.4. The van der Waals surface area contributed by atoms with Crippen LogP contribution in [0.5, 0.6) is 0 Å². The smallest absolute Gasteiger partial charge is 0.293 e. The van der Waals surface area contributed by atoms with Crippen LogP contribution in [0.15, 0.2) is 54.7 Å². The first-order valence-corrected chi connectivity index (χ1v) is 20.8. The second kappa shape index (κ2) is 13.8. The van der Waals surface area contributed by atoms with Crippen molar-refractivity contribution in [3.8, 4) is 17.2 Å². The van der Waals surface area contributed by atoms with E-state index >= 15 is 8.78 Å². The highest BCUT2D eigenvalue weighted by Crippen LogP contribution is 2.68. The maximum absolute atomic E-state index is 15.3. The number of amides is 1. The Kier molecular flexibility index (Phi) is 9.44. The number of pyridine rings is 1. The topological polar surface area (TPSA) is 111 Å². The third-order valence-corrected chi connectivity index (χ3v) is 11.4. The van der Waals surface area contributed by atoms with Crippen LogP contribution >= 0.6 is 0 Å². The minimum absolute atomic E-state index is 0.0645. The van der Waals surface area contributed by atoms with E-state index in [4.69, 9.17) is 9.72 Å². The van der Waals surface area contributed by atoms with Gasteiger partial charge in [-0.05, 0) is 66.3 Å². The Hall–Kier alpha value is -5.01. The molecule has 2 aliphatic rings. The normalized spacial score (nSPS) is 17.8. The maximum atomic E-state index is 15.3. The van der Waals surface area contributed by atoms with Gasteiger partial charge in [0.1, 0.15) is 41.8 Å². The molecule has 1 fully saturated rings. The van der Waals surface area contributed by atoms with Crippen LogP contribution in [0.3, 0.4) is 0 Å². The molecule has 1 amide bonds. The van der Waals surface area contributed by atoms with Crippen LogP contribution in [-0.4, -0.2) is 45.1 Å². The van der Waals surface area contributed by atoms with Crippen molar-refractivity contribution >= 4 is 25.0 Å². The van der Waals surface area contributed by atoms with Crippen molar-refractivity contribution in [3.63, 3.8) is 0 Å². The Labute approximate surface area is 301 Å². The lowest BCUT2D eigenvalue weighted by Gasteiger charge is -2.23. The molecule has 276 valence electrons. The molecule has 53 heavy (non-hydrogen) atoms. The summed E-state index contributed by atoms with van der Waals surface area (Å²) in [5.41, 5.74) is 0.938. The molecule has 0 radical (unpaired) electrons. The van der Waals surface area contributed by atoms with E-state index in [1.54, 1.807) is 35.0 Å². The molecule has 0 bridgehead atoms. The number of hydrogen-bond acceptors (Lipinski definition) is 6. The molecule has 3 heterocycles. The number of alkyl halides is 4. The van der Waals surface area contributed by atoms with E-state index in [2.05, 4.69) is 41.2 Å². The highest BCUT2D eigenvalue weighted by molar-refractivity contribution is 6.76. The lowest BCUT2D eigenvalue weighted by molar-refractivity contribution is -0.123. The van der Waals surface area contributed by atoms with Gasteiger partial charge in [0, 0.05) is 37.8 Å². The van der Waals surface area contributed by atoms with Crippen molar-refractivity contribution in [1.29, 1.82) is 5.26 Å². The second-order valence-electron chi connectivity index (χ2n) is 14.8. The molecule has 1 N–H and O–H groups in total. The molecule has 0 spiro atoms. The van der Waals surface area contributed by atoms with Crippen molar-refractivity contribution in [2.75, 3.05) is 6.61 Å². The Morgan fingerprint density at radius 2 is 1.85 bits per heavy atom. The number of nitrogens with zero attached hydrogens (tertiary/aromatic N) is 6. The van der Waals surface area contributed by atoms with Gasteiger partial charge in [-0.25, -0.2) is 27.2 Å². The number of carbonyl (C=O) groups excluding carboxylic acids is 1. The number of fused-ring (bicyclic) bond motifs is 4. The molecule has 0 saturated heterocycles. The zero-order valence-electron chi connectivity index (χ0n) is 29.0. The van der Waals surface area contributed by atoms with Gasteiger partial charge in [-0.2, -0.15) is 24.2 Å². The van der Waals surface area contributed by atoms with Gasteiger partial charge >= 0.3 is 0 Å². The molecule has 1 saturated carbocycles. The number of nitrogens with one attached hydrogen (secondary N) is 1. The third kappa shape index (κ3) is 7.32. The molecule has 9 nitrogen and oxygen atoms in total. The summed E-state index contributed by atoms with van der Waals surface area (Å²) in [7, 11) is -1.36. The first-order valence-electron chi connectivity index (χ1n) is 17.1. The molecule has 3 atom stereocenters. The van der Waals surface area contributed by atoms with Gasteiger partial charge in [0.05, 0.1) is 35.1 Å². The number of benzene rings is 2. The summed E-state index contributed by atoms with van der Waals surface area (Å²) >= 11 is 0. The number of rotatable bonds is 13. The summed E-state index contributed by atoms with van der Waals surface area (Å²) in [4.78, 5) is 18.6. The van der Waals surface area contributed by atoms with Gasteiger partial charge in [-0.1, -0.05) is 31.8 Å². The van der Waals surface area contributed by atoms with Crippen LogP contribution in [0.2, 0.25) is 25.7 Å². The monoisotopic (exact) mass is 751 g/mol. The van der Waals surface area contributed by atoms with E-state index in [0.717, 1.165) is 18.2 Å². The van der Waals surface area contributed by atoms with Crippen molar-refractivity contribution in [3.05, 3.63) is 100 Å². The molecular formula is C37H35F6N7O2Si. The van der Waals surface area contributed by atoms with Gasteiger partial charge in [0.2, 0.25) is 5.91 Å². The van der Waals surface area contributed by atoms with E-state index in [0.29, 0.717) is 45.1 Å². The zero-order chi connectivity index (χ0) is 37.8. The molecule has 2 aromatic carbocycles. The average molecular weight is 752 g/mol. The summed E-state index contributed by atoms with van der Waals surface area (Å²) in [6, 6.07) is 13.2. The summed E-state index contributed by atoms with van der Waals surface area (Å²) in [5.74, 6) is -7.91. The summed E-state index contributed by atoms with van der Waals surface area (Å²) in [6.45, 7) is 6.53. The number of carbonyl (C=O) groups is 1. The van der Waals surface area contributed by atoms with E-state index < -0.39 is 73.8 Å². The quantitative estimate of drug-likeness (QED) is 0.0742. The number of halogens is 6.